The zero-order valence-corrected chi connectivity index (χ0v) is 16.1. The molecule has 0 bridgehead atoms. The number of ether oxygens (including phenoxy) is 1. The average Bonchev–Trinajstić information content (AvgIpc) is 3.43. The van der Waals surface area contributed by atoms with Crippen LogP contribution in [0.25, 0.3) is 16.3 Å². The molecule has 29 heavy (non-hydrogen) atoms. The lowest BCUT2D eigenvalue weighted by atomic mass is 10.1. The molecule has 0 radical (unpaired) electrons. The van der Waals surface area contributed by atoms with Crippen LogP contribution in [0.4, 0.5) is 0 Å². The van der Waals surface area contributed by atoms with Crippen molar-refractivity contribution in [3.8, 4) is 16.3 Å². The third kappa shape index (κ3) is 4.09. The monoisotopic (exact) mass is 403 g/mol. The second kappa shape index (κ2) is 8.12. The minimum Gasteiger partial charge on any atom is -0.457 e. The second-order valence-corrected chi connectivity index (χ2v) is 7.23. The molecule has 2 aromatic heterocycles. The van der Waals surface area contributed by atoms with Crippen LogP contribution in [0, 0.1) is 0 Å². The third-order valence-corrected chi connectivity index (χ3v) is 5.19. The predicted molar refractivity (Wildman–Crippen MR) is 111 cm³/mol. The van der Waals surface area contributed by atoms with Crippen LogP contribution >= 0.6 is 11.3 Å². The molecule has 0 fully saturated rings. The molecule has 144 valence electrons. The summed E-state index contributed by atoms with van der Waals surface area (Å²) in [4.78, 5) is 24.9. The van der Waals surface area contributed by atoms with Gasteiger partial charge < -0.3 is 10.5 Å². The number of nitrogens with two attached hydrogens (primary N) is 1. The van der Waals surface area contributed by atoms with Crippen molar-refractivity contribution in [2.75, 3.05) is 0 Å². The predicted octanol–water partition coefficient (Wildman–Crippen LogP) is 4.06. The molecular formula is C22H17N3O3S. The number of hydrogen-bond donors (Lipinski definition) is 1. The maximum absolute atomic E-state index is 12.8. The summed E-state index contributed by atoms with van der Waals surface area (Å²) in [6.45, 7) is 0.0816. The van der Waals surface area contributed by atoms with Gasteiger partial charge in [0.1, 0.15) is 17.9 Å². The zero-order chi connectivity index (χ0) is 20.2. The molecule has 0 aliphatic rings. The van der Waals surface area contributed by atoms with Crippen LogP contribution in [-0.4, -0.2) is 21.7 Å². The Labute approximate surface area is 171 Å². The van der Waals surface area contributed by atoms with Gasteiger partial charge in [0.05, 0.1) is 10.6 Å². The van der Waals surface area contributed by atoms with Crippen LogP contribution < -0.4 is 5.73 Å². The number of aromatic nitrogens is 2. The maximum Gasteiger partial charge on any atom is 0.342 e. The fourth-order valence-electron chi connectivity index (χ4n) is 2.82. The van der Waals surface area contributed by atoms with Gasteiger partial charge in [-0.3, -0.25) is 4.79 Å². The second-order valence-electron chi connectivity index (χ2n) is 6.29. The Hall–Kier alpha value is -3.71. The summed E-state index contributed by atoms with van der Waals surface area (Å²) >= 11 is 1.51. The molecule has 0 saturated heterocycles. The highest BCUT2D eigenvalue weighted by molar-refractivity contribution is 7.13. The Balaban J connectivity index is 1.58. The van der Waals surface area contributed by atoms with Gasteiger partial charge in [-0.05, 0) is 41.3 Å². The van der Waals surface area contributed by atoms with Gasteiger partial charge in [0, 0.05) is 11.8 Å². The molecule has 7 heteroatoms. The van der Waals surface area contributed by atoms with Gasteiger partial charge in [-0.2, -0.15) is 5.10 Å². The molecule has 1 amide bonds. The number of carbonyl (C=O) groups is 2. The Morgan fingerprint density at radius 1 is 1.00 bits per heavy atom. The van der Waals surface area contributed by atoms with Crippen LogP contribution in [0.15, 0.2) is 78.3 Å². The summed E-state index contributed by atoms with van der Waals surface area (Å²) in [7, 11) is 0. The lowest BCUT2D eigenvalue weighted by Crippen LogP contribution is -2.11. The number of esters is 1. The molecule has 0 spiro atoms. The van der Waals surface area contributed by atoms with Crippen molar-refractivity contribution in [3.05, 3.63) is 95.0 Å². The first-order valence-corrected chi connectivity index (χ1v) is 9.74. The normalized spacial score (nSPS) is 10.6. The molecule has 0 atom stereocenters. The Morgan fingerprint density at radius 3 is 2.41 bits per heavy atom. The number of rotatable bonds is 6. The van der Waals surface area contributed by atoms with Crippen molar-refractivity contribution >= 4 is 23.2 Å². The summed E-state index contributed by atoms with van der Waals surface area (Å²) in [6, 6.07) is 20.0. The van der Waals surface area contributed by atoms with E-state index in [2.05, 4.69) is 5.10 Å². The average molecular weight is 403 g/mol. The quantitative estimate of drug-likeness (QED) is 0.492. The van der Waals surface area contributed by atoms with Gasteiger partial charge in [-0.25, -0.2) is 9.48 Å². The number of amides is 1. The van der Waals surface area contributed by atoms with Crippen LogP contribution in [0.5, 0.6) is 0 Å². The van der Waals surface area contributed by atoms with Crippen molar-refractivity contribution in [2.24, 2.45) is 5.73 Å². The van der Waals surface area contributed by atoms with E-state index in [-0.39, 0.29) is 6.61 Å². The summed E-state index contributed by atoms with van der Waals surface area (Å²) in [5, 5.41) is 6.54. The molecule has 4 rings (SSSR count). The number of nitrogens with zero attached hydrogens (tertiary/aromatic N) is 2. The van der Waals surface area contributed by atoms with E-state index in [4.69, 9.17) is 10.5 Å². The number of primary amides is 1. The van der Waals surface area contributed by atoms with Gasteiger partial charge in [0.2, 0.25) is 5.91 Å². The topological polar surface area (TPSA) is 87.2 Å². The largest absolute Gasteiger partial charge is 0.457 e. The highest BCUT2D eigenvalue weighted by Gasteiger charge is 2.20. The minimum absolute atomic E-state index is 0.0816. The van der Waals surface area contributed by atoms with Crippen molar-refractivity contribution < 1.29 is 14.3 Å². The molecule has 0 saturated carbocycles. The van der Waals surface area contributed by atoms with E-state index in [0.29, 0.717) is 16.8 Å². The van der Waals surface area contributed by atoms with E-state index in [9.17, 15) is 9.59 Å². The summed E-state index contributed by atoms with van der Waals surface area (Å²) in [6.07, 6.45) is 1.68. The minimum atomic E-state index is -0.498. The van der Waals surface area contributed by atoms with E-state index >= 15 is 0 Å². The lowest BCUT2D eigenvalue weighted by molar-refractivity contribution is 0.0473. The Bertz CT molecular complexity index is 1130. The number of thiophene rings is 1. The summed E-state index contributed by atoms with van der Waals surface area (Å²) in [5.41, 5.74) is 8.24. The number of carbonyl (C=O) groups excluding carboxylic acids is 2. The first-order chi connectivity index (χ1) is 14.1. The summed E-state index contributed by atoms with van der Waals surface area (Å²) < 4.78 is 7.17. The molecule has 2 aromatic carbocycles. The van der Waals surface area contributed by atoms with Gasteiger partial charge in [0.25, 0.3) is 0 Å². The van der Waals surface area contributed by atoms with Crippen molar-refractivity contribution in [3.63, 3.8) is 0 Å². The highest BCUT2D eigenvalue weighted by Crippen LogP contribution is 2.28. The molecular weight excluding hydrogens is 386 g/mol. The molecule has 0 unspecified atom stereocenters. The number of para-hydroxylation sites is 1. The molecule has 2 N–H and O–H groups in total. The number of benzene rings is 2. The molecule has 2 heterocycles. The van der Waals surface area contributed by atoms with Gasteiger partial charge in [0.15, 0.2) is 0 Å². The van der Waals surface area contributed by atoms with Crippen LogP contribution in [0.2, 0.25) is 0 Å². The van der Waals surface area contributed by atoms with E-state index in [1.165, 1.54) is 11.3 Å². The fourth-order valence-corrected chi connectivity index (χ4v) is 3.55. The van der Waals surface area contributed by atoms with E-state index < -0.39 is 11.9 Å². The fraction of sp³-hybridized carbons (Fsp3) is 0.0455. The van der Waals surface area contributed by atoms with Gasteiger partial charge in [-0.1, -0.05) is 36.4 Å². The molecule has 0 aliphatic carbocycles. The third-order valence-electron chi connectivity index (χ3n) is 4.32. The van der Waals surface area contributed by atoms with E-state index in [1.807, 2.05) is 47.8 Å². The van der Waals surface area contributed by atoms with Crippen LogP contribution in [-0.2, 0) is 11.3 Å². The standard InChI is InChI=1S/C22H17N3O3S/c23-21(26)16-10-8-15(9-11-16)14-28-22(27)18-13-25(17-5-2-1-3-6-17)24-20(18)19-7-4-12-29-19/h1-13H,14H2,(H2,23,26). The van der Waals surface area contributed by atoms with Crippen molar-refractivity contribution in [2.45, 2.75) is 6.61 Å². The van der Waals surface area contributed by atoms with Gasteiger partial charge in [-0.15, -0.1) is 11.3 Å². The molecule has 6 nitrogen and oxygen atoms in total. The molecule has 0 aliphatic heterocycles. The maximum atomic E-state index is 12.8. The van der Waals surface area contributed by atoms with Crippen molar-refractivity contribution in [1.82, 2.24) is 9.78 Å². The SMILES string of the molecule is NC(=O)c1ccc(COC(=O)c2cn(-c3ccccc3)nc2-c2cccs2)cc1. The van der Waals surface area contributed by atoms with E-state index in [0.717, 1.165) is 16.1 Å². The lowest BCUT2D eigenvalue weighted by Gasteiger charge is -2.05. The zero-order valence-electron chi connectivity index (χ0n) is 15.3. The smallest absolute Gasteiger partial charge is 0.342 e. The Kier molecular flexibility index (Phi) is 5.22. The summed E-state index contributed by atoms with van der Waals surface area (Å²) in [5.74, 6) is -0.961. The number of hydrogen-bond acceptors (Lipinski definition) is 5. The van der Waals surface area contributed by atoms with Crippen LogP contribution in [0.3, 0.4) is 0 Å². The molecule has 4 aromatic rings. The van der Waals surface area contributed by atoms with Gasteiger partial charge >= 0.3 is 5.97 Å². The first kappa shape index (κ1) is 18.6. The van der Waals surface area contributed by atoms with Crippen LogP contribution in [0.1, 0.15) is 26.3 Å². The Morgan fingerprint density at radius 2 is 1.76 bits per heavy atom. The first-order valence-electron chi connectivity index (χ1n) is 8.86. The highest BCUT2D eigenvalue weighted by atomic mass is 32.1. The van der Waals surface area contributed by atoms with E-state index in [1.54, 1.807) is 35.1 Å². The van der Waals surface area contributed by atoms with Crippen molar-refractivity contribution in [1.29, 1.82) is 0 Å².